The fraction of sp³-hybridized carbons (Fsp3) is 0.533. The zero-order valence-corrected chi connectivity index (χ0v) is 11.9. The number of H-pyrrole nitrogens is 1. The second kappa shape index (κ2) is 4.85. The summed E-state index contributed by atoms with van der Waals surface area (Å²) < 4.78 is 0. The quantitative estimate of drug-likeness (QED) is 0.870. The van der Waals surface area contributed by atoms with E-state index < -0.39 is 0 Å². The summed E-state index contributed by atoms with van der Waals surface area (Å²) in [5.74, 6) is 0.652. The third-order valence-electron chi connectivity index (χ3n) is 4.43. The largest absolute Gasteiger partial charge is 0.380 e. The number of aromatic nitrogens is 2. The van der Waals surface area contributed by atoms with Crippen LogP contribution in [-0.2, 0) is 0 Å². The van der Waals surface area contributed by atoms with Crippen LogP contribution in [0.1, 0.15) is 20.3 Å². The Hall–Kier alpha value is -1.55. The smallest absolute Gasteiger partial charge is 0.0881 e. The van der Waals surface area contributed by atoms with Gasteiger partial charge in [-0.2, -0.15) is 5.10 Å². The molecule has 0 aliphatic carbocycles. The van der Waals surface area contributed by atoms with Gasteiger partial charge in [0, 0.05) is 24.0 Å². The van der Waals surface area contributed by atoms with E-state index in [0.29, 0.717) is 18.0 Å². The lowest BCUT2D eigenvalue weighted by atomic mass is 9.89. The molecule has 0 radical (unpaired) electrons. The summed E-state index contributed by atoms with van der Waals surface area (Å²) in [6.45, 7) is 5.78. The number of aromatic amines is 1. The normalized spacial score (nSPS) is 28.7. The first-order valence-corrected chi connectivity index (χ1v) is 7.04. The molecule has 0 amide bonds. The van der Waals surface area contributed by atoms with Crippen LogP contribution in [-0.4, -0.2) is 40.8 Å². The molecule has 1 fully saturated rings. The lowest BCUT2D eigenvalue weighted by Crippen LogP contribution is -2.48. The van der Waals surface area contributed by atoms with Crippen molar-refractivity contribution in [3.63, 3.8) is 0 Å². The Morgan fingerprint density at radius 1 is 1.37 bits per heavy atom. The topological polar surface area (TPSA) is 44.0 Å². The summed E-state index contributed by atoms with van der Waals surface area (Å²) in [6.07, 6.45) is 3.06. The van der Waals surface area contributed by atoms with Crippen molar-refractivity contribution in [2.24, 2.45) is 5.92 Å². The van der Waals surface area contributed by atoms with E-state index in [0.717, 1.165) is 12.1 Å². The Morgan fingerprint density at radius 3 is 3.05 bits per heavy atom. The van der Waals surface area contributed by atoms with Gasteiger partial charge in [-0.3, -0.25) is 5.10 Å². The first-order chi connectivity index (χ1) is 9.15. The summed E-state index contributed by atoms with van der Waals surface area (Å²) in [6, 6.07) is 7.47. The molecule has 4 heteroatoms. The van der Waals surface area contributed by atoms with E-state index in [2.05, 4.69) is 59.5 Å². The van der Waals surface area contributed by atoms with Crippen molar-refractivity contribution >= 4 is 16.6 Å². The van der Waals surface area contributed by atoms with Crippen LogP contribution in [0.2, 0.25) is 0 Å². The van der Waals surface area contributed by atoms with Gasteiger partial charge >= 0.3 is 0 Å². The monoisotopic (exact) mass is 258 g/mol. The van der Waals surface area contributed by atoms with Gasteiger partial charge in [-0.25, -0.2) is 0 Å². The minimum atomic E-state index is 0.528. The number of nitrogens with one attached hydrogen (secondary N) is 2. The molecule has 2 N–H and O–H groups in total. The molecule has 1 aromatic carbocycles. The molecule has 1 aromatic heterocycles. The minimum Gasteiger partial charge on any atom is -0.380 e. The van der Waals surface area contributed by atoms with Crippen LogP contribution in [0.25, 0.3) is 10.9 Å². The van der Waals surface area contributed by atoms with E-state index in [4.69, 9.17) is 0 Å². The Kier molecular flexibility index (Phi) is 3.19. The average Bonchev–Trinajstić information content (AvgIpc) is 2.85. The fourth-order valence-electron chi connectivity index (χ4n) is 3.03. The van der Waals surface area contributed by atoms with Crippen LogP contribution < -0.4 is 5.32 Å². The van der Waals surface area contributed by atoms with E-state index in [-0.39, 0.29) is 0 Å². The number of likely N-dealkylation sites (tertiary alicyclic amines) is 1. The number of hydrogen-bond acceptors (Lipinski definition) is 3. The number of hydrogen-bond donors (Lipinski definition) is 2. The van der Waals surface area contributed by atoms with Crippen molar-refractivity contribution in [3.05, 3.63) is 24.4 Å². The SMILES string of the molecule is CC1CN(C)C(C)CC1Nc1cccc2cn[nH]c12. The highest BCUT2D eigenvalue weighted by atomic mass is 15.2. The maximum absolute atomic E-state index is 4.13. The molecule has 3 rings (SSSR count). The predicted molar refractivity (Wildman–Crippen MR) is 79.4 cm³/mol. The summed E-state index contributed by atoms with van der Waals surface area (Å²) in [5.41, 5.74) is 2.28. The predicted octanol–water partition coefficient (Wildman–Crippen LogP) is 2.70. The van der Waals surface area contributed by atoms with Crippen molar-refractivity contribution in [1.82, 2.24) is 15.1 Å². The van der Waals surface area contributed by atoms with E-state index >= 15 is 0 Å². The molecule has 1 aliphatic rings. The van der Waals surface area contributed by atoms with Gasteiger partial charge in [0.2, 0.25) is 0 Å². The summed E-state index contributed by atoms with van der Waals surface area (Å²) in [7, 11) is 2.22. The van der Waals surface area contributed by atoms with Crippen LogP contribution >= 0.6 is 0 Å². The van der Waals surface area contributed by atoms with Gasteiger partial charge in [0.25, 0.3) is 0 Å². The number of rotatable bonds is 2. The van der Waals surface area contributed by atoms with Crippen LogP contribution in [0.5, 0.6) is 0 Å². The number of nitrogens with zero attached hydrogens (tertiary/aromatic N) is 2. The number of para-hydroxylation sites is 1. The van der Waals surface area contributed by atoms with Gasteiger partial charge in [-0.15, -0.1) is 0 Å². The van der Waals surface area contributed by atoms with Crippen molar-refractivity contribution in [2.75, 3.05) is 18.9 Å². The number of benzene rings is 1. The number of fused-ring (bicyclic) bond motifs is 1. The Morgan fingerprint density at radius 2 is 2.21 bits per heavy atom. The minimum absolute atomic E-state index is 0.528. The van der Waals surface area contributed by atoms with E-state index in [1.54, 1.807) is 0 Å². The van der Waals surface area contributed by atoms with Gasteiger partial charge in [-0.1, -0.05) is 19.1 Å². The molecule has 2 heterocycles. The van der Waals surface area contributed by atoms with Crippen molar-refractivity contribution in [1.29, 1.82) is 0 Å². The third kappa shape index (κ3) is 2.32. The zero-order valence-electron chi connectivity index (χ0n) is 11.9. The lowest BCUT2D eigenvalue weighted by Gasteiger charge is -2.40. The molecule has 1 aliphatic heterocycles. The molecular weight excluding hydrogens is 236 g/mol. The average molecular weight is 258 g/mol. The highest BCUT2D eigenvalue weighted by molar-refractivity contribution is 5.90. The molecule has 4 nitrogen and oxygen atoms in total. The fourth-order valence-corrected chi connectivity index (χ4v) is 3.03. The summed E-state index contributed by atoms with van der Waals surface area (Å²) in [4.78, 5) is 2.44. The Labute approximate surface area is 114 Å². The number of piperidine rings is 1. The molecule has 0 saturated carbocycles. The van der Waals surface area contributed by atoms with Gasteiger partial charge in [0.05, 0.1) is 17.4 Å². The highest BCUT2D eigenvalue weighted by Crippen LogP contribution is 2.27. The van der Waals surface area contributed by atoms with Crippen LogP contribution in [0.3, 0.4) is 0 Å². The molecule has 19 heavy (non-hydrogen) atoms. The first kappa shape index (κ1) is 12.5. The summed E-state index contributed by atoms with van der Waals surface area (Å²) in [5, 5.41) is 12.1. The number of anilines is 1. The zero-order chi connectivity index (χ0) is 13.4. The maximum Gasteiger partial charge on any atom is 0.0881 e. The highest BCUT2D eigenvalue weighted by Gasteiger charge is 2.29. The standard InChI is InChI=1S/C15H22N4/c1-10-9-19(3)11(2)7-14(10)17-13-6-4-5-12-8-16-18-15(12)13/h4-6,8,10-11,14,17H,7,9H2,1-3H3,(H,16,18). The lowest BCUT2D eigenvalue weighted by molar-refractivity contribution is 0.146. The van der Waals surface area contributed by atoms with Gasteiger partial charge in [-0.05, 0) is 32.4 Å². The molecule has 102 valence electrons. The van der Waals surface area contributed by atoms with Gasteiger partial charge in [0.15, 0.2) is 0 Å². The second-order valence-electron chi connectivity index (χ2n) is 5.89. The Bertz CT molecular complexity index is 562. The van der Waals surface area contributed by atoms with E-state index in [1.165, 1.54) is 17.5 Å². The van der Waals surface area contributed by atoms with Gasteiger partial charge < -0.3 is 10.2 Å². The molecule has 2 aromatic rings. The second-order valence-corrected chi connectivity index (χ2v) is 5.89. The molecule has 0 bridgehead atoms. The van der Waals surface area contributed by atoms with Crippen LogP contribution in [0.15, 0.2) is 24.4 Å². The van der Waals surface area contributed by atoms with Crippen LogP contribution in [0.4, 0.5) is 5.69 Å². The molecular formula is C15H22N4. The first-order valence-electron chi connectivity index (χ1n) is 7.04. The van der Waals surface area contributed by atoms with Crippen molar-refractivity contribution < 1.29 is 0 Å². The molecule has 1 saturated heterocycles. The molecule has 0 spiro atoms. The van der Waals surface area contributed by atoms with E-state index in [1.807, 2.05) is 6.20 Å². The summed E-state index contributed by atoms with van der Waals surface area (Å²) >= 11 is 0. The third-order valence-corrected chi connectivity index (χ3v) is 4.43. The van der Waals surface area contributed by atoms with Crippen molar-refractivity contribution in [3.8, 4) is 0 Å². The molecule has 3 unspecified atom stereocenters. The van der Waals surface area contributed by atoms with Crippen molar-refractivity contribution in [2.45, 2.75) is 32.4 Å². The Balaban J connectivity index is 1.83. The van der Waals surface area contributed by atoms with Crippen LogP contribution in [0, 0.1) is 5.92 Å². The van der Waals surface area contributed by atoms with E-state index in [9.17, 15) is 0 Å². The van der Waals surface area contributed by atoms with Gasteiger partial charge in [0.1, 0.15) is 0 Å². The maximum atomic E-state index is 4.13. The molecule has 3 atom stereocenters.